The van der Waals surface area contributed by atoms with Gasteiger partial charge in [-0.2, -0.15) is 25.3 Å². The zero-order valence-corrected chi connectivity index (χ0v) is 13.0. The number of carbonyl (C=O) groups is 2. The second-order valence-corrected chi connectivity index (χ2v) is 3.04. The van der Waals surface area contributed by atoms with E-state index in [1.807, 2.05) is 0 Å². The molecule has 17 heavy (non-hydrogen) atoms. The molecule has 0 heterocycles. The summed E-state index contributed by atoms with van der Waals surface area (Å²) in [7, 11) is 0. The molecule has 0 aromatic rings. The molecule has 0 aliphatic carbocycles. The second-order valence-electron chi connectivity index (χ2n) is 2.31. The van der Waals surface area contributed by atoms with Gasteiger partial charge in [0.25, 0.3) is 0 Å². The molecule has 0 fully saturated rings. The maximum Gasteiger partial charge on any atom is 4.00 e. The fourth-order valence-corrected chi connectivity index (χ4v) is 0.497. The Hall–Kier alpha value is 0.168. The van der Waals surface area contributed by atoms with Crippen LogP contribution in [-0.4, -0.2) is 45.7 Å². The standard InChI is InChI=1S/2C3H7NO2S.2H2N.Pt/c2*4-2(1-7)3(5)6;;;/h2*2,7H,1,4H2,(H,5,6);2*1H2;/q;;2*-1;+4/p+2. The third-order valence-corrected chi connectivity index (χ3v) is 1.85. The quantitative estimate of drug-likeness (QED) is 0.283. The zero-order valence-electron chi connectivity index (χ0n) is 8.91. The molecule has 0 aromatic heterocycles. The third-order valence-electron chi connectivity index (χ3n) is 1.07. The maximum atomic E-state index is 9.87. The molecule has 2 atom stereocenters. The Balaban J connectivity index is -0.0000000480. The molecule has 0 aliphatic rings. The molecule has 11 heteroatoms. The molecular weight excluding hydrogens is 451 g/mol. The van der Waals surface area contributed by atoms with Crippen LogP contribution in [0.2, 0.25) is 0 Å². The molecule has 8 nitrogen and oxygen atoms in total. The van der Waals surface area contributed by atoms with Crippen LogP contribution in [0, 0.1) is 0 Å². The van der Waals surface area contributed by atoms with E-state index in [2.05, 4.69) is 25.3 Å². The Labute approximate surface area is 125 Å². The monoisotopic (exact) mass is 471 g/mol. The molecular formula is C6H20N4O4PtS2+4. The van der Waals surface area contributed by atoms with E-state index in [9.17, 15) is 9.59 Å². The summed E-state index contributed by atoms with van der Waals surface area (Å²) >= 11 is 7.38. The van der Waals surface area contributed by atoms with Gasteiger partial charge in [-0.1, -0.05) is 0 Å². The second kappa shape index (κ2) is 18.5. The minimum atomic E-state index is -0.755. The number of hydrogen-bond acceptors (Lipinski definition) is 6. The van der Waals surface area contributed by atoms with Crippen LogP contribution >= 0.6 is 25.3 Å². The van der Waals surface area contributed by atoms with Gasteiger partial charge in [0.2, 0.25) is 0 Å². The first kappa shape index (κ1) is 30.3. The molecule has 0 radical (unpaired) electrons. The first-order chi connectivity index (χ1) is 6.36. The van der Waals surface area contributed by atoms with Gasteiger partial charge in [-0.15, -0.1) is 0 Å². The number of rotatable bonds is 4. The summed E-state index contributed by atoms with van der Waals surface area (Å²) in [6.45, 7) is 0. The molecule has 0 spiro atoms. The summed E-state index contributed by atoms with van der Waals surface area (Å²) in [5.74, 6) is -1.00. The van der Waals surface area contributed by atoms with Crippen molar-refractivity contribution >= 4 is 37.2 Å². The van der Waals surface area contributed by atoms with Gasteiger partial charge in [0, 0.05) is 21.1 Å². The van der Waals surface area contributed by atoms with E-state index < -0.39 is 24.0 Å². The van der Waals surface area contributed by atoms with Crippen LogP contribution in [0.25, 0.3) is 12.3 Å². The predicted octanol–water partition coefficient (Wildman–Crippen LogP) is -1.58. The minimum absolute atomic E-state index is 0. The fraction of sp³-hybridized carbons (Fsp3) is 0.667. The zero-order chi connectivity index (χ0) is 11.7. The van der Waals surface area contributed by atoms with Crippen molar-refractivity contribution < 1.29 is 40.9 Å². The smallest absolute Gasteiger partial charge is 0.693 e. The van der Waals surface area contributed by atoms with E-state index in [4.69, 9.17) is 21.7 Å². The Morgan fingerprint density at radius 1 is 0.941 bits per heavy atom. The van der Waals surface area contributed by atoms with E-state index in [1.54, 1.807) is 0 Å². The van der Waals surface area contributed by atoms with Crippen molar-refractivity contribution in [2.45, 2.75) is 12.1 Å². The molecule has 0 aromatic carbocycles. The Morgan fingerprint density at radius 3 is 1.12 bits per heavy atom. The van der Waals surface area contributed by atoms with Crippen molar-refractivity contribution in [3.63, 3.8) is 0 Å². The Morgan fingerprint density at radius 2 is 1.12 bits per heavy atom. The van der Waals surface area contributed by atoms with E-state index in [0.29, 0.717) is 0 Å². The fourth-order valence-electron chi connectivity index (χ4n) is 0.166. The molecule has 0 rings (SSSR count). The molecule has 0 bridgehead atoms. The van der Waals surface area contributed by atoms with E-state index in [0.717, 1.165) is 0 Å². The van der Waals surface area contributed by atoms with Gasteiger partial charge >= 0.3 is 33.0 Å². The molecule has 0 amide bonds. The molecule has 2 unspecified atom stereocenters. The average molecular weight is 471 g/mol. The Kier molecular flexibility index (Phi) is 33.0. The van der Waals surface area contributed by atoms with Crippen molar-refractivity contribution in [1.82, 2.24) is 0 Å². The Bertz CT molecular complexity index is 181. The largest absolute Gasteiger partial charge is 4.00 e. The van der Waals surface area contributed by atoms with E-state index in [-0.39, 0.29) is 44.9 Å². The van der Waals surface area contributed by atoms with Crippen LogP contribution in [0.15, 0.2) is 0 Å². The average Bonchev–Trinajstić information content (AvgIpc) is 2.15. The van der Waals surface area contributed by atoms with Gasteiger partial charge in [0.1, 0.15) is 0 Å². The molecule has 0 aliphatic heterocycles. The minimum Gasteiger partial charge on any atom is -0.693 e. The first-order valence-electron chi connectivity index (χ1n) is 3.60. The summed E-state index contributed by atoms with van der Waals surface area (Å²) in [5.41, 5.74) is 10.0. The van der Waals surface area contributed by atoms with Gasteiger partial charge in [0.15, 0.2) is 12.1 Å². The number of hydrogen-bond donors (Lipinski definition) is 4. The number of nitrogens with two attached hydrogens (primary N) is 4. The van der Waals surface area contributed by atoms with Gasteiger partial charge < -0.3 is 34.0 Å². The number of thiol groups is 2. The van der Waals surface area contributed by atoms with Crippen LogP contribution in [0.4, 0.5) is 0 Å². The van der Waals surface area contributed by atoms with E-state index in [1.165, 1.54) is 0 Å². The van der Waals surface area contributed by atoms with Crippen LogP contribution in [0.1, 0.15) is 0 Å². The summed E-state index contributed by atoms with van der Waals surface area (Å²) in [4.78, 5) is 19.7. The van der Waals surface area contributed by atoms with Crippen molar-refractivity contribution in [2.75, 3.05) is 11.5 Å². The van der Waals surface area contributed by atoms with Crippen LogP contribution in [0.5, 0.6) is 0 Å². The van der Waals surface area contributed by atoms with Crippen LogP contribution in [0.3, 0.4) is 0 Å². The normalized spacial score (nSPS) is 11.1. The van der Waals surface area contributed by atoms with Crippen LogP contribution < -0.4 is 11.5 Å². The molecule has 0 saturated heterocycles. The van der Waals surface area contributed by atoms with E-state index >= 15 is 0 Å². The van der Waals surface area contributed by atoms with Crippen molar-refractivity contribution in [1.29, 1.82) is 0 Å². The molecule has 12 N–H and O–H groups in total. The molecule has 0 saturated carbocycles. The first-order valence-corrected chi connectivity index (χ1v) is 4.87. The summed E-state index contributed by atoms with van der Waals surface area (Å²) < 4.78 is 0. The third kappa shape index (κ3) is 21.9. The van der Waals surface area contributed by atoms with Gasteiger partial charge in [-0.05, 0) is 0 Å². The SMILES string of the molecule is NC(CS)C(=O)[OH2+].NC(CS)C(=O)[OH2+].[NH2-].[NH2-].[Pt+4]. The summed E-state index contributed by atoms with van der Waals surface area (Å²) in [6.07, 6.45) is 0. The summed E-state index contributed by atoms with van der Waals surface area (Å²) in [6, 6.07) is -1.41. The van der Waals surface area contributed by atoms with Gasteiger partial charge in [-0.25, -0.2) is 0 Å². The maximum absolute atomic E-state index is 9.87. The molecule has 106 valence electrons. The van der Waals surface area contributed by atoms with Gasteiger partial charge in [0.05, 0.1) is 0 Å². The summed E-state index contributed by atoms with van der Waals surface area (Å²) in [5, 5.41) is 12.7. The van der Waals surface area contributed by atoms with Crippen molar-refractivity contribution in [3.8, 4) is 0 Å². The topological polar surface area (TPSA) is 199 Å². The van der Waals surface area contributed by atoms with Crippen LogP contribution in [-0.2, 0) is 30.7 Å². The number of carbonyl (C=O) groups excluding carboxylic acids is 2. The van der Waals surface area contributed by atoms with Gasteiger partial charge in [-0.3, -0.25) is 0 Å². The predicted molar refractivity (Wildman–Crippen MR) is 71.5 cm³/mol. The van der Waals surface area contributed by atoms with Crippen molar-refractivity contribution in [2.24, 2.45) is 11.5 Å². The van der Waals surface area contributed by atoms with Crippen molar-refractivity contribution in [3.05, 3.63) is 12.3 Å².